The Morgan fingerprint density at radius 1 is 1.36 bits per heavy atom. The normalized spacial score (nSPS) is 14.1. The van der Waals surface area contributed by atoms with Crippen LogP contribution in [0.15, 0.2) is 30.3 Å². The van der Waals surface area contributed by atoms with Gasteiger partial charge in [0.2, 0.25) is 0 Å². The Bertz CT molecular complexity index is 658. The van der Waals surface area contributed by atoms with Crippen LogP contribution in [0.2, 0.25) is 0 Å². The number of aromatic nitrogens is 2. The third-order valence-corrected chi connectivity index (χ3v) is 4.05. The summed E-state index contributed by atoms with van der Waals surface area (Å²) in [5.41, 5.74) is 4.00. The van der Waals surface area contributed by atoms with Crippen LogP contribution in [-0.2, 0) is 13.0 Å². The maximum Gasteiger partial charge on any atom is 0.274 e. The molecule has 1 aliphatic carbocycles. The zero-order valence-electron chi connectivity index (χ0n) is 13.3. The van der Waals surface area contributed by atoms with Crippen molar-refractivity contribution in [2.75, 3.05) is 0 Å². The molecule has 1 fully saturated rings. The molecule has 1 saturated carbocycles. The van der Waals surface area contributed by atoms with E-state index in [1.165, 1.54) is 11.1 Å². The van der Waals surface area contributed by atoms with Crippen LogP contribution in [0.4, 0.5) is 0 Å². The van der Waals surface area contributed by atoms with Gasteiger partial charge in [0, 0.05) is 18.3 Å². The summed E-state index contributed by atoms with van der Waals surface area (Å²) in [5.74, 6) is 0.0441. The molecule has 1 aliphatic rings. The molecule has 1 aromatic heterocycles. The van der Waals surface area contributed by atoms with Crippen molar-refractivity contribution < 1.29 is 4.79 Å². The number of nitrogens with one attached hydrogen (secondary N) is 1. The molecular formula is C18H23N3O. The van der Waals surface area contributed by atoms with Gasteiger partial charge in [-0.25, -0.2) is 0 Å². The highest BCUT2D eigenvalue weighted by atomic mass is 16.2. The fourth-order valence-corrected chi connectivity index (χ4v) is 2.78. The van der Waals surface area contributed by atoms with Gasteiger partial charge >= 0.3 is 0 Å². The molecule has 1 aromatic carbocycles. The molecule has 0 atom stereocenters. The van der Waals surface area contributed by atoms with Crippen LogP contribution in [0.25, 0.3) is 0 Å². The number of carbonyl (C=O) groups is 1. The van der Waals surface area contributed by atoms with E-state index in [2.05, 4.69) is 42.2 Å². The molecule has 1 heterocycles. The van der Waals surface area contributed by atoms with Crippen LogP contribution in [0.1, 0.15) is 53.5 Å². The smallest absolute Gasteiger partial charge is 0.274 e. The predicted molar refractivity (Wildman–Crippen MR) is 86.7 cm³/mol. The second kappa shape index (κ2) is 6.34. The largest absolute Gasteiger partial charge is 0.330 e. The van der Waals surface area contributed by atoms with Gasteiger partial charge < -0.3 is 4.90 Å². The second-order valence-corrected chi connectivity index (χ2v) is 6.18. The molecule has 0 aliphatic heterocycles. The Morgan fingerprint density at radius 3 is 2.86 bits per heavy atom. The van der Waals surface area contributed by atoms with Crippen molar-refractivity contribution in [1.29, 1.82) is 0 Å². The standard InChI is InChI=1S/C18H23N3O/c1-3-5-15-11-17(20-19-15)18(22)21(16-8-9-16)12-14-7-4-6-13(2)10-14/h4,6-7,10-11,16H,3,5,8-9,12H2,1-2H3,(H,19,20). The Hall–Kier alpha value is -2.10. The van der Waals surface area contributed by atoms with E-state index in [1.807, 2.05) is 17.0 Å². The zero-order chi connectivity index (χ0) is 15.5. The molecular weight excluding hydrogens is 274 g/mol. The van der Waals surface area contributed by atoms with Crippen LogP contribution < -0.4 is 0 Å². The number of hydrogen-bond acceptors (Lipinski definition) is 2. The number of aryl methyl sites for hydroxylation is 2. The number of amides is 1. The molecule has 116 valence electrons. The lowest BCUT2D eigenvalue weighted by Crippen LogP contribution is -2.32. The fourth-order valence-electron chi connectivity index (χ4n) is 2.78. The van der Waals surface area contributed by atoms with Crippen molar-refractivity contribution >= 4 is 5.91 Å². The summed E-state index contributed by atoms with van der Waals surface area (Å²) < 4.78 is 0. The van der Waals surface area contributed by atoms with E-state index in [1.54, 1.807) is 0 Å². The second-order valence-electron chi connectivity index (χ2n) is 6.18. The first-order chi connectivity index (χ1) is 10.7. The molecule has 2 aromatic rings. The lowest BCUT2D eigenvalue weighted by Gasteiger charge is -2.21. The molecule has 0 bridgehead atoms. The molecule has 1 N–H and O–H groups in total. The average Bonchev–Trinajstić information content (AvgIpc) is 3.24. The minimum Gasteiger partial charge on any atom is -0.330 e. The topological polar surface area (TPSA) is 49.0 Å². The van der Waals surface area contributed by atoms with E-state index < -0.39 is 0 Å². The first-order valence-electron chi connectivity index (χ1n) is 8.08. The van der Waals surface area contributed by atoms with Crippen LogP contribution in [0.5, 0.6) is 0 Å². The van der Waals surface area contributed by atoms with Gasteiger partial charge in [0.1, 0.15) is 5.69 Å². The Kier molecular flexibility index (Phi) is 4.27. The summed E-state index contributed by atoms with van der Waals surface area (Å²) in [4.78, 5) is 14.7. The van der Waals surface area contributed by atoms with Crippen LogP contribution >= 0.6 is 0 Å². The van der Waals surface area contributed by atoms with Crippen molar-refractivity contribution in [2.24, 2.45) is 0 Å². The summed E-state index contributed by atoms with van der Waals surface area (Å²) >= 11 is 0. The third kappa shape index (κ3) is 3.38. The van der Waals surface area contributed by atoms with E-state index in [9.17, 15) is 4.79 Å². The van der Waals surface area contributed by atoms with E-state index in [0.717, 1.165) is 31.4 Å². The lowest BCUT2D eigenvalue weighted by molar-refractivity contribution is 0.0724. The van der Waals surface area contributed by atoms with Gasteiger partial charge in [-0.05, 0) is 37.8 Å². The molecule has 3 rings (SSSR count). The number of H-pyrrole nitrogens is 1. The molecule has 1 amide bonds. The first kappa shape index (κ1) is 14.8. The molecule has 0 radical (unpaired) electrons. The van der Waals surface area contributed by atoms with Crippen molar-refractivity contribution in [3.05, 3.63) is 52.8 Å². The predicted octanol–water partition coefficient (Wildman–Crippen LogP) is 3.48. The van der Waals surface area contributed by atoms with E-state index in [0.29, 0.717) is 18.3 Å². The number of carbonyl (C=O) groups excluding carboxylic acids is 1. The van der Waals surface area contributed by atoms with Gasteiger partial charge in [0.25, 0.3) is 5.91 Å². The van der Waals surface area contributed by atoms with E-state index >= 15 is 0 Å². The highest BCUT2D eigenvalue weighted by molar-refractivity contribution is 5.92. The number of rotatable bonds is 6. The Balaban J connectivity index is 1.76. The number of nitrogens with zero attached hydrogens (tertiary/aromatic N) is 2. The summed E-state index contributed by atoms with van der Waals surface area (Å²) in [5, 5.41) is 7.19. The van der Waals surface area contributed by atoms with Crippen molar-refractivity contribution in [1.82, 2.24) is 15.1 Å². The van der Waals surface area contributed by atoms with Crippen LogP contribution in [0.3, 0.4) is 0 Å². The van der Waals surface area contributed by atoms with E-state index in [4.69, 9.17) is 0 Å². The maximum atomic E-state index is 12.8. The summed E-state index contributed by atoms with van der Waals surface area (Å²) in [6.07, 6.45) is 4.18. The molecule has 22 heavy (non-hydrogen) atoms. The Morgan fingerprint density at radius 2 is 2.18 bits per heavy atom. The van der Waals surface area contributed by atoms with Crippen LogP contribution in [-0.4, -0.2) is 27.0 Å². The maximum absolute atomic E-state index is 12.8. The summed E-state index contributed by atoms with van der Waals surface area (Å²) in [7, 11) is 0. The van der Waals surface area contributed by atoms with Gasteiger partial charge in [0.05, 0.1) is 0 Å². The van der Waals surface area contributed by atoms with Crippen molar-refractivity contribution in [3.63, 3.8) is 0 Å². The zero-order valence-corrected chi connectivity index (χ0v) is 13.3. The SMILES string of the molecule is CCCc1cc(C(=O)N(Cc2cccc(C)c2)C2CC2)n[nH]1. The first-order valence-corrected chi connectivity index (χ1v) is 8.08. The van der Waals surface area contributed by atoms with Gasteiger partial charge in [-0.1, -0.05) is 43.2 Å². The Labute approximate surface area is 131 Å². The number of benzene rings is 1. The molecule has 0 saturated heterocycles. The molecule has 0 unspecified atom stereocenters. The van der Waals surface area contributed by atoms with Gasteiger partial charge in [-0.3, -0.25) is 9.89 Å². The molecule has 4 heteroatoms. The minimum atomic E-state index is 0.0441. The third-order valence-electron chi connectivity index (χ3n) is 4.05. The minimum absolute atomic E-state index is 0.0441. The fraction of sp³-hybridized carbons (Fsp3) is 0.444. The number of aromatic amines is 1. The van der Waals surface area contributed by atoms with Crippen molar-refractivity contribution in [3.8, 4) is 0 Å². The molecule has 4 nitrogen and oxygen atoms in total. The van der Waals surface area contributed by atoms with Gasteiger partial charge in [-0.2, -0.15) is 5.10 Å². The lowest BCUT2D eigenvalue weighted by atomic mass is 10.1. The monoisotopic (exact) mass is 297 g/mol. The highest BCUT2D eigenvalue weighted by Crippen LogP contribution is 2.29. The quantitative estimate of drug-likeness (QED) is 0.887. The molecule has 0 spiro atoms. The average molecular weight is 297 g/mol. The van der Waals surface area contributed by atoms with Crippen LogP contribution in [0, 0.1) is 6.92 Å². The summed E-state index contributed by atoms with van der Waals surface area (Å²) in [6, 6.07) is 10.6. The van der Waals surface area contributed by atoms with E-state index in [-0.39, 0.29) is 5.91 Å². The summed E-state index contributed by atoms with van der Waals surface area (Å²) in [6.45, 7) is 4.87. The van der Waals surface area contributed by atoms with Gasteiger partial charge in [-0.15, -0.1) is 0 Å². The highest BCUT2D eigenvalue weighted by Gasteiger charge is 2.34. The van der Waals surface area contributed by atoms with Crippen molar-refractivity contribution in [2.45, 2.75) is 52.1 Å². The van der Waals surface area contributed by atoms with Gasteiger partial charge in [0.15, 0.2) is 0 Å². The number of hydrogen-bond donors (Lipinski definition) is 1.